The maximum absolute atomic E-state index is 11.1. The number of ether oxygens (including phenoxy) is 1. The van der Waals surface area contributed by atoms with Gasteiger partial charge in [0.05, 0.1) is 12.2 Å². The van der Waals surface area contributed by atoms with Crippen molar-refractivity contribution in [3.63, 3.8) is 0 Å². The van der Waals surface area contributed by atoms with E-state index in [0.29, 0.717) is 23.8 Å². The highest BCUT2D eigenvalue weighted by molar-refractivity contribution is 9.10. The smallest absolute Gasteiger partial charge is 0.153 e. The normalized spacial score (nSPS) is 16.8. The van der Waals surface area contributed by atoms with Gasteiger partial charge in [-0.1, -0.05) is 34.1 Å². The zero-order chi connectivity index (χ0) is 13.9. The van der Waals surface area contributed by atoms with Crippen molar-refractivity contribution >= 4 is 34.0 Å². The quantitative estimate of drug-likeness (QED) is 0.759. The fourth-order valence-corrected chi connectivity index (χ4v) is 3.91. The van der Waals surface area contributed by atoms with Gasteiger partial charge in [0, 0.05) is 21.0 Å². The molecule has 20 heavy (non-hydrogen) atoms. The van der Waals surface area contributed by atoms with E-state index in [2.05, 4.69) is 40.2 Å². The summed E-state index contributed by atoms with van der Waals surface area (Å²) in [5.74, 6) is 2.07. The van der Waals surface area contributed by atoms with Crippen LogP contribution in [0.3, 0.4) is 0 Å². The number of hydrogen-bond donors (Lipinski definition) is 0. The van der Waals surface area contributed by atoms with Gasteiger partial charge >= 0.3 is 0 Å². The SMILES string of the molecule is O=Cc1cc(Br)ccc1OCC1CSc2ccccc21. The minimum atomic E-state index is 0.388. The Morgan fingerprint density at radius 1 is 1.30 bits per heavy atom. The third-order valence-electron chi connectivity index (χ3n) is 3.34. The van der Waals surface area contributed by atoms with Crippen molar-refractivity contribution in [2.75, 3.05) is 12.4 Å². The number of rotatable bonds is 4. The first-order valence-corrected chi connectivity index (χ1v) is 8.15. The Kier molecular flexibility index (Phi) is 4.13. The van der Waals surface area contributed by atoms with E-state index in [-0.39, 0.29) is 0 Å². The molecule has 0 N–H and O–H groups in total. The number of aldehydes is 1. The maximum atomic E-state index is 11.1. The fraction of sp³-hybridized carbons (Fsp3) is 0.188. The van der Waals surface area contributed by atoms with Gasteiger partial charge in [-0.05, 0) is 29.8 Å². The van der Waals surface area contributed by atoms with Gasteiger partial charge in [0.1, 0.15) is 5.75 Å². The lowest BCUT2D eigenvalue weighted by Crippen LogP contribution is -2.10. The average molecular weight is 349 g/mol. The van der Waals surface area contributed by atoms with Crippen LogP contribution in [-0.4, -0.2) is 18.6 Å². The van der Waals surface area contributed by atoms with Crippen molar-refractivity contribution in [2.24, 2.45) is 0 Å². The first-order valence-electron chi connectivity index (χ1n) is 6.37. The molecule has 1 unspecified atom stereocenters. The van der Waals surface area contributed by atoms with Gasteiger partial charge in [0.25, 0.3) is 0 Å². The topological polar surface area (TPSA) is 26.3 Å². The van der Waals surface area contributed by atoms with E-state index < -0.39 is 0 Å². The van der Waals surface area contributed by atoms with E-state index >= 15 is 0 Å². The molecular weight excluding hydrogens is 336 g/mol. The molecule has 4 heteroatoms. The van der Waals surface area contributed by atoms with Crippen LogP contribution in [0, 0.1) is 0 Å². The molecule has 0 aromatic heterocycles. The van der Waals surface area contributed by atoms with Gasteiger partial charge in [-0.3, -0.25) is 4.79 Å². The zero-order valence-corrected chi connectivity index (χ0v) is 13.1. The lowest BCUT2D eigenvalue weighted by molar-refractivity contribution is 0.111. The van der Waals surface area contributed by atoms with Gasteiger partial charge in [-0.2, -0.15) is 0 Å². The van der Waals surface area contributed by atoms with Crippen LogP contribution in [0.4, 0.5) is 0 Å². The molecule has 102 valence electrons. The summed E-state index contributed by atoms with van der Waals surface area (Å²) >= 11 is 5.22. The van der Waals surface area contributed by atoms with Crippen LogP contribution in [0.5, 0.6) is 5.75 Å². The number of hydrogen-bond acceptors (Lipinski definition) is 3. The first kappa shape index (κ1) is 13.7. The zero-order valence-electron chi connectivity index (χ0n) is 10.7. The second-order valence-corrected chi connectivity index (χ2v) is 6.63. The number of halogens is 1. The van der Waals surface area contributed by atoms with E-state index in [0.717, 1.165) is 16.5 Å². The van der Waals surface area contributed by atoms with Crippen LogP contribution in [-0.2, 0) is 0 Å². The molecule has 1 heterocycles. The minimum absolute atomic E-state index is 0.388. The van der Waals surface area contributed by atoms with Crippen molar-refractivity contribution in [3.8, 4) is 5.75 Å². The molecule has 0 aliphatic carbocycles. The van der Waals surface area contributed by atoms with Gasteiger partial charge < -0.3 is 4.74 Å². The number of carbonyl (C=O) groups is 1. The highest BCUT2D eigenvalue weighted by atomic mass is 79.9. The van der Waals surface area contributed by atoms with Crippen LogP contribution >= 0.6 is 27.7 Å². The molecule has 2 aromatic rings. The van der Waals surface area contributed by atoms with Gasteiger partial charge in [-0.25, -0.2) is 0 Å². The number of thioether (sulfide) groups is 1. The number of benzene rings is 2. The first-order chi connectivity index (χ1) is 9.78. The van der Waals surface area contributed by atoms with Crippen molar-refractivity contribution in [3.05, 3.63) is 58.1 Å². The maximum Gasteiger partial charge on any atom is 0.153 e. The van der Waals surface area contributed by atoms with E-state index in [1.54, 1.807) is 6.07 Å². The monoisotopic (exact) mass is 348 g/mol. The summed E-state index contributed by atoms with van der Waals surface area (Å²) < 4.78 is 6.74. The van der Waals surface area contributed by atoms with Crippen molar-refractivity contribution in [1.29, 1.82) is 0 Å². The second-order valence-electron chi connectivity index (χ2n) is 4.66. The molecule has 2 nitrogen and oxygen atoms in total. The Hall–Kier alpha value is -1.26. The predicted octanol–water partition coefficient (Wildman–Crippen LogP) is 4.53. The highest BCUT2D eigenvalue weighted by Crippen LogP contribution is 2.39. The molecular formula is C16H13BrO2S. The summed E-state index contributed by atoms with van der Waals surface area (Å²) in [6, 6.07) is 13.9. The summed E-state index contributed by atoms with van der Waals surface area (Å²) in [5.41, 5.74) is 1.93. The molecule has 0 saturated heterocycles. The van der Waals surface area contributed by atoms with E-state index in [9.17, 15) is 4.79 Å². The lowest BCUT2D eigenvalue weighted by Gasteiger charge is -2.14. The van der Waals surface area contributed by atoms with Gasteiger partial charge in [0.2, 0.25) is 0 Å². The molecule has 3 rings (SSSR count). The number of fused-ring (bicyclic) bond motifs is 1. The standard InChI is InChI=1S/C16H13BrO2S/c17-13-5-6-15(11(7-13)8-18)19-9-12-10-20-16-4-2-1-3-14(12)16/h1-8,12H,9-10H2. The average Bonchev–Trinajstić information content (AvgIpc) is 2.89. The third-order valence-corrected chi connectivity index (χ3v) is 5.08. The summed E-state index contributed by atoms with van der Waals surface area (Å²) in [6.07, 6.45) is 0.831. The van der Waals surface area contributed by atoms with Gasteiger partial charge in [-0.15, -0.1) is 11.8 Å². The van der Waals surface area contributed by atoms with Crippen LogP contribution in [0.2, 0.25) is 0 Å². The summed E-state index contributed by atoms with van der Waals surface area (Å²) in [7, 11) is 0. The Labute approximate surface area is 130 Å². The second kappa shape index (κ2) is 6.02. The molecule has 1 aliphatic heterocycles. The molecule has 1 atom stereocenters. The highest BCUT2D eigenvalue weighted by Gasteiger charge is 2.23. The largest absolute Gasteiger partial charge is 0.492 e. The molecule has 0 fully saturated rings. The van der Waals surface area contributed by atoms with E-state index in [4.69, 9.17) is 4.74 Å². The van der Waals surface area contributed by atoms with Gasteiger partial charge in [0.15, 0.2) is 6.29 Å². The van der Waals surface area contributed by atoms with Crippen molar-refractivity contribution in [1.82, 2.24) is 0 Å². The molecule has 1 aliphatic rings. The Bertz CT molecular complexity index is 642. The number of carbonyl (C=O) groups excluding carboxylic acids is 1. The van der Waals surface area contributed by atoms with Crippen LogP contribution in [0.1, 0.15) is 21.8 Å². The molecule has 0 bridgehead atoms. The Morgan fingerprint density at radius 3 is 3.00 bits per heavy atom. The minimum Gasteiger partial charge on any atom is -0.492 e. The van der Waals surface area contributed by atoms with Crippen molar-refractivity contribution in [2.45, 2.75) is 10.8 Å². The molecule has 0 amide bonds. The molecule has 2 aromatic carbocycles. The lowest BCUT2D eigenvalue weighted by atomic mass is 10.0. The summed E-state index contributed by atoms with van der Waals surface area (Å²) in [4.78, 5) is 12.4. The summed E-state index contributed by atoms with van der Waals surface area (Å²) in [6.45, 7) is 0.604. The predicted molar refractivity (Wildman–Crippen MR) is 84.9 cm³/mol. The third kappa shape index (κ3) is 2.76. The van der Waals surface area contributed by atoms with Crippen LogP contribution in [0.15, 0.2) is 51.8 Å². The Balaban J connectivity index is 1.74. The summed E-state index contributed by atoms with van der Waals surface area (Å²) in [5, 5.41) is 0. The van der Waals surface area contributed by atoms with Crippen LogP contribution < -0.4 is 4.74 Å². The van der Waals surface area contributed by atoms with E-state index in [1.807, 2.05) is 23.9 Å². The fourth-order valence-electron chi connectivity index (χ4n) is 2.30. The molecule has 0 spiro atoms. The Morgan fingerprint density at radius 2 is 2.15 bits per heavy atom. The van der Waals surface area contributed by atoms with Crippen LogP contribution in [0.25, 0.3) is 0 Å². The molecule has 0 saturated carbocycles. The molecule has 0 radical (unpaired) electrons. The van der Waals surface area contributed by atoms with E-state index in [1.165, 1.54) is 10.5 Å². The van der Waals surface area contributed by atoms with Crippen molar-refractivity contribution < 1.29 is 9.53 Å².